The number of nitrogens with one attached hydrogen (secondary N) is 2. The highest BCUT2D eigenvalue weighted by Gasteiger charge is 2.13. The van der Waals surface area contributed by atoms with Gasteiger partial charge in [-0.25, -0.2) is 4.79 Å². The standard InChI is InChI=1S/C27H29N3O4S/c1-4-15-33-23-12-10-21(11-13-23)26(31)34-24-14-9-20(17-25(24)32-5-2)18-28-30-27(35)29-22-8-6-7-19(3)16-22/h6-14,16-18H,4-5,15H2,1-3H3,(H2,29,30,35)/b28-18-. The number of aryl methyl sites for hydroxylation is 1. The number of ether oxygens (including phenoxy) is 3. The van der Waals surface area contributed by atoms with Crippen LogP contribution in [0.5, 0.6) is 17.2 Å². The highest BCUT2D eigenvalue weighted by Crippen LogP contribution is 2.29. The Kier molecular flexibility index (Phi) is 9.62. The number of carbonyl (C=O) groups excluding carboxylic acids is 1. The van der Waals surface area contributed by atoms with E-state index in [0.29, 0.717) is 41.1 Å². The molecule has 0 aliphatic heterocycles. The minimum Gasteiger partial charge on any atom is -0.494 e. The van der Waals surface area contributed by atoms with Gasteiger partial charge in [-0.15, -0.1) is 0 Å². The summed E-state index contributed by atoms with van der Waals surface area (Å²) in [6.07, 6.45) is 2.52. The van der Waals surface area contributed by atoms with Gasteiger partial charge in [0.1, 0.15) is 5.75 Å². The normalized spacial score (nSPS) is 10.6. The molecule has 3 aromatic carbocycles. The molecule has 0 aromatic heterocycles. The van der Waals surface area contributed by atoms with Gasteiger partial charge in [0, 0.05) is 5.69 Å². The van der Waals surface area contributed by atoms with E-state index < -0.39 is 5.97 Å². The third-order valence-electron chi connectivity index (χ3n) is 4.69. The lowest BCUT2D eigenvalue weighted by Crippen LogP contribution is -2.23. The van der Waals surface area contributed by atoms with Crippen LogP contribution in [0.4, 0.5) is 5.69 Å². The molecule has 0 spiro atoms. The van der Waals surface area contributed by atoms with Gasteiger partial charge in [0.05, 0.1) is 25.0 Å². The number of hydrogen-bond acceptors (Lipinski definition) is 6. The molecule has 3 rings (SSSR count). The number of anilines is 1. The SMILES string of the molecule is CCCOc1ccc(C(=O)Oc2ccc(/C=N\NC(=S)Nc3cccc(C)c3)cc2OCC)cc1. The Balaban J connectivity index is 1.62. The summed E-state index contributed by atoms with van der Waals surface area (Å²) in [7, 11) is 0. The highest BCUT2D eigenvalue weighted by molar-refractivity contribution is 7.80. The van der Waals surface area contributed by atoms with Crippen LogP contribution >= 0.6 is 12.2 Å². The summed E-state index contributed by atoms with van der Waals surface area (Å²) < 4.78 is 16.8. The van der Waals surface area contributed by atoms with Gasteiger partial charge in [-0.3, -0.25) is 5.43 Å². The number of nitrogens with zero attached hydrogens (tertiary/aromatic N) is 1. The van der Waals surface area contributed by atoms with E-state index in [1.165, 1.54) is 0 Å². The number of carbonyl (C=O) groups is 1. The predicted octanol–water partition coefficient (Wildman–Crippen LogP) is 5.72. The number of thiocarbonyl (C=S) groups is 1. The van der Waals surface area contributed by atoms with Crippen LogP contribution in [0.1, 0.15) is 41.8 Å². The van der Waals surface area contributed by atoms with Gasteiger partial charge in [-0.05, 0) is 98.2 Å². The Morgan fingerprint density at radius 3 is 2.51 bits per heavy atom. The van der Waals surface area contributed by atoms with E-state index in [0.717, 1.165) is 23.2 Å². The van der Waals surface area contributed by atoms with Crippen molar-refractivity contribution in [1.82, 2.24) is 5.43 Å². The van der Waals surface area contributed by atoms with Crippen LogP contribution in [0.3, 0.4) is 0 Å². The van der Waals surface area contributed by atoms with Gasteiger partial charge in [-0.2, -0.15) is 5.10 Å². The van der Waals surface area contributed by atoms with Crippen molar-refractivity contribution in [3.63, 3.8) is 0 Å². The van der Waals surface area contributed by atoms with Crippen LogP contribution in [0, 0.1) is 6.92 Å². The lowest BCUT2D eigenvalue weighted by atomic mass is 10.2. The molecule has 0 aliphatic carbocycles. The van der Waals surface area contributed by atoms with Gasteiger partial charge in [0.15, 0.2) is 16.6 Å². The summed E-state index contributed by atoms with van der Waals surface area (Å²) in [5.41, 5.74) is 5.96. The molecule has 0 unspecified atom stereocenters. The Bertz CT molecular complexity index is 1180. The van der Waals surface area contributed by atoms with Gasteiger partial charge in [-0.1, -0.05) is 19.1 Å². The third kappa shape index (κ3) is 8.12. The number of rotatable bonds is 10. The van der Waals surface area contributed by atoms with Crippen molar-refractivity contribution in [3.8, 4) is 17.2 Å². The summed E-state index contributed by atoms with van der Waals surface area (Å²) >= 11 is 5.28. The van der Waals surface area contributed by atoms with Crippen molar-refractivity contribution < 1.29 is 19.0 Å². The van der Waals surface area contributed by atoms with E-state index in [1.807, 2.05) is 45.0 Å². The molecule has 0 radical (unpaired) electrons. The summed E-state index contributed by atoms with van der Waals surface area (Å²) in [5, 5.41) is 7.62. The molecule has 0 bridgehead atoms. The van der Waals surface area contributed by atoms with E-state index in [4.69, 9.17) is 26.4 Å². The van der Waals surface area contributed by atoms with Gasteiger partial charge >= 0.3 is 5.97 Å². The zero-order valence-electron chi connectivity index (χ0n) is 20.0. The van der Waals surface area contributed by atoms with E-state index in [-0.39, 0.29) is 0 Å². The molecule has 3 aromatic rings. The van der Waals surface area contributed by atoms with Crippen LogP contribution in [0.2, 0.25) is 0 Å². The zero-order valence-corrected chi connectivity index (χ0v) is 20.9. The van der Waals surface area contributed by atoms with Gasteiger partial charge < -0.3 is 19.5 Å². The van der Waals surface area contributed by atoms with Crippen molar-refractivity contribution in [3.05, 3.63) is 83.4 Å². The maximum atomic E-state index is 12.6. The molecule has 0 saturated heterocycles. The molecular formula is C27H29N3O4S. The minimum absolute atomic E-state index is 0.324. The molecule has 0 fully saturated rings. The maximum Gasteiger partial charge on any atom is 0.343 e. The second-order valence-corrected chi connectivity index (χ2v) is 8.00. The Morgan fingerprint density at radius 2 is 1.80 bits per heavy atom. The molecule has 0 amide bonds. The van der Waals surface area contributed by atoms with E-state index >= 15 is 0 Å². The summed E-state index contributed by atoms with van der Waals surface area (Å²) in [6.45, 7) is 6.95. The fourth-order valence-corrected chi connectivity index (χ4v) is 3.24. The number of hydrazone groups is 1. The Morgan fingerprint density at radius 1 is 1.00 bits per heavy atom. The van der Waals surface area contributed by atoms with Crippen molar-refractivity contribution >= 4 is 35.2 Å². The second kappa shape index (κ2) is 13.1. The number of benzene rings is 3. The molecule has 2 N–H and O–H groups in total. The zero-order chi connectivity index (χ0) is 25.0. The summed E-state index contributed by atoms with van der Waals surface area (Å²) in [5.74, 6) is 0.992. The molecule has 0 atom stereocenters. The first-order valence-corrected chi connectivity index (χ1v) is 11.8. The summed E-state index contributed by atoms with van der Waals surface area (Å²) in [4.78, 5) is 12.6. The molecule has 7 nitrogen and oxygen atoms in total. The van der Waals surface area contributed by atoms with Crippen molar-refractivity contribution in [2.45, 2.75) is 27.2 Å². The molecular weight excluding hydrogens is 462 g/mol. The second-order valence-electron chi connectivity index (χ2n) is 7.60. The van der Waals surface area contributed by atoms with Crippen molar-refractivity contribution in [1.29, 1.82) is 0 Å². The molecule has 0 heterocycles. The smallest absolute Gasteiger partial charge is 0.343 e. The van der Waals surface area contributed by atoms with E-state index in [2.05, 4.69) is 15.8 Å². The van der Waals surface area contributed by atoms with E-state index in [1.54, 1.807) is 48.7 Å². The lowest BCUT2D eigenvalue weighted by molar-refractivity contribution is 0.0728. The minimum atomic E-state index is -0.483. The Labute approximate surface area is 211 Å². The topological polar surface area (TPSA) is 81.2 Å². The van der Waals surface area contributed by atoms with Crippen LogP contribution in [0.15, 0.2) is 71.8 Å². The fourth-order valence-electron chi connectivity index (χ4n) is 3.07. The van der Waals surface area contributed by atoms with Crippen LogP contribution in [-0.4, -0.2) is 30.5 Å². The molecule has 8 heteroatoms. The van der Waals surface area contributed by atoms with Gasteiger partial charge in [0.2, 0.25) is 0 Å². The maximum absolute atomic E-state index is 12.6. The van der Waals surface area contributed by atoms with E-state index in [9.17, 15) is 4.79 Å². The van der Waals surface area contributed by atoms with Crippen molar-refractivity contribution in [2.75, 3.05) is 18.5 Å². The lowest BCUT2D eigenvalue weighted by Gasteiger charge is -2.12. The number of esters is 1. The first-order chi connectivity index (χ1) is 17.0. The van der Waals surface area contributed by atoms with Crippen molar-refractivity contribution in [2.24, 2.45) is 5.10 Å². The number of hydrogen-bond donors (Lipinski definition) is 2. The fraction of sp³-hybridized carbons (Fsp3) is 0.222. The summed E-state index contributed by atoms with van der Waals surface area (Å²) in [6, 6.07) is 19.9. The monoisotopic (exact) mass is 491 g/mol. The average molecular weight is 492 g/mol. The molecule has 0 aliphatic rings. The highest BCUT2D eigenvalue weighted by atomic mass is 32.1. The average Bonchev–Trinajstić information content (AvgIpc) is 2.84. The molecule has 0 saturated carbocycles. The Hall–Kier alpha value is -3.91. The quantitative estimate of drug-likeness (QED) is 0.123. The van der Waals surface area contributed by atoms with Crippen LogP contribution in [0.25, 0.3) is 0 Å². The molecule has 182 valence electrons. The molecule has 35 heavy (non-hydrogen) atoms. The third-order valence-corrected chi connectivity index (χ3v) is 4.88. The van der Waals surface area contributed by atoms with Crippen LogP contribution < -0.4 is 25.0 Å². The first kappa shape index (κ1) is 25.7. The van der Waals surface area contributed by atoms with Gasteiger partial charge in [0.25, 0.3) is 0 Å². The largest absolute Gasteiger partial charge is 0.494 e. The first-order valence-electron chi connectivity index (χ1n) is 11.4. The van der Waals surface area contributed by atoms with Crippen LogP contribution in [-0.2, 0) is 0 Å². The predicted molar refractivity (Wildman–Crippen MR) is 143 cm³/mol.